The predicted molar refractivity (Wildman–Crippen MR) is 114 cm³/mol. The Kier molecular flexibility index (Phi) is 8.29. The molecule has 2 aromatic carbocycles. The molecule has 0 saturated heterocycles. The fourth-order valence-electron chi connectivity index (χ4n) is 3.21. The maximum absolute atomic E-state index is 13.3. The van der Waals surface area contributed by atoms with E-state index in [0.29, 0.717) is 16.3 Å². The molecule has 3 rings (SSSR count). The highest BCUT2D eigenvalue weighted by Gasteiger charge is 2.45. The van der Waals surface area contributed by atoms with E-state index >= 15 is 0 Å². The molecule has 0 saturated carbocycles. The van der Waals surface area contributed by atoms with E-state index in [1.54, 1.807) is 30.4 Å². The normalized spacial score (nSPS) is 15.9. The monoisotopic (exact) mass is 471 g/mol. The highest BCUT2D eigenvalue weighted by molar-refractivity contribution is 6.30. The van der Waals surface area contributed by atoms with Crippen LogP contribution < -0.4 is 9.64 Å². The summed E-state index contributed by atoms with van der Waals surface area (Å²) in [5.74, 6) is -3.07. The Morgan fingerprint density at radius 2 is 2.00 bits per heavy atom. The van der Waals surface area contributed by atoms with Crippen LogP contribution in [0.5, 0.6) is 5.75 Å². The summed E-state index contributed by atoms with van der Waals surface area (Å²) in [7, 11) is 1.16. The molecule has 0 radical (unpaired) electrons. The fraction of sp³-hybridized carbons (Fsp3) is 0.273. The second-order valence-electron chi connectivity index (χ2n) is 6.96. The number of alkyl halides is 3. The maximum Gasteiger partial charge on any atom is 0.471 e. The number of anilines is 1. The van der Waals surface area contributed by atoms with Crippen LogP contribution in [0.4, 0.5) is 18.9 Å². The number of esters is 1. The summed E-state index contributed by atoms with van der Waals surface area (Å²) >= 11 is 5.95. The summed E-state index contributed by atoms with van der Waals surface area (Å²) in [6.07, 6.45) is -1.11. The molecule has 172 valence electrons. The van der Waals surface area contributed by atoms with Crippen molar-refractivity contribution in [1.29, 1.82) is 0 Å². The van der Waals surface area contributed by atoms with Gasteiger partial charge in [0.15, 0.2) is 0 Å². The SMILES string of the molecule is COC(=O)c1ccc2c(c1)N(C(=O)C(F)(F)F)CC(C/C=C\c1cccc(Cl)c1)CO2.O. The van der Waals surface area contributed by atoms with E-state index in [2.05, 4.69) is 4.74 Å². The minimum Gasteiger partial charge on any atom is -0.491 e. The quantitative estimate of drug-likeness (QED) is 0.622. The lowest BCUT2D eigenvalue weighted by molar-refractivity contribution is -0.170. The number of allylic oxidation sites excluding steroid dienone is 1. The Hall–Kier alpha value is -3.04. The van der Waals surface area contributed by atoms with E-state index in [1.807, 2.05) is 6.07 Å². The molecule has 0 bridgehead atoms. The van der Waals surface area contributed by atoms with E-state index in [-0.39, 0.29) is 35.6 Å². The van der Waals surface area contributed by atoms with Gasteiger partial charge in [0, 0.05) is 17.5 Å². The number of amides is 1. The van der Waals surface area contributed by atoms with Gasteiger partial charge < -0.3 is 19.8 Å². The topological polar surface area (TPSA) is 87.3 Å². The number of hydrogen-bond donors (Lipinski definition) is 0. The van der Waals surface area contributed by atoms with Crippen LogP contribution in [0.25, 0.3) is 6.08 Å². The van der Waals surface area contributed by atoms with Gasteiger partial charge in [-0.3, -0.25) is 4.79 Å². The predicted octanol–water partition coefficient (Wildman–Crippen LogP) is 4.31. The zero-order chi connectivity index (χ0) is 22.6. The smallest absolute Gasteiger partial charge is 0.471 e. The fourth-order valence-corrected chi connectivity index (χ4v) is 3.41. The maximum atomic E-state index is 13.3. The zero-order valence-electron chi connectivity index (χ0n) is 17.0. The minimum absolute atomic E-state index is 0. The van der Waals surface area contributed by atoms with Crippen LogP contribution in [0.1, 0.15) is 22.3 Å². The summed E-state index contributed by atoms with van der Waals surface area (Å²) < 4.78 is 50.1. The van der Waals surface area contributed by atoms with Crippen molar-refractivity contribution in [3.05, 3.63) is 64.7 Å². The van der Waals surface area contributed by atoms with E-state index in [4.69, 9.17) is 16.3 Å². The Bertz CT molecular complexity index is 1010. The average Bonchev–Trinajstić information content (AvgIpc) is 2.91. The number of carbonyl (C=O) groups is 2. The van der Waals surface area contributed by atoms with Crippen molar-refractivity contribution in [3.63, 3.8) is 0 Å². The molecule has 32 heavy (non-hydrogen) atoms. The Morgan fingerprint density at radius 1 is 1.25 bits per heavy atom. The van der Waals surface area contributed by atoms with Crippen LogP contribution in [-0.4, -0.2) is 43.8 Å². The van der Waals surface area contributed by atoms with Crippen LogP contribution >= 0.6 is 11.6 Å². The number of carbonyl (C=O) groups excluding carboxylic acids is 2. The van der Waals surface area contributed by atoms with Gasteiger partial charge in [-0.15, -0.1) is 0 Å². The molecule has 1 atom stereocenters. The number of hydrogen-bond acceptors (Lipinski definition) is 4. The number of rotatable bonds is 4. The molecule has 6 nitrogen and oxygen atoms in total. The van der Waals surface area contributed by atoms with E-state index in [0.717, 1.165) is 12.7 Å². The van der Waals surface area contributed by atoms with Crippen molar-refractivity contribution < 1.29 is 37.7 Å². The summed E-state index contributed by atoms with van der Waals surface area (Å²) in [5.41, 5.74) is 0.743. The standard InChI is InChI=1S/C22H19ClF3NO4.H2O/c1-30-20(28)16-8-9-19-18(11-16)27(21(29)22(24,25)26)12-15(13-31-19)6-2-4-14-5-3-7-17(23)10-14;/h2-5,7-11,15H,6,12-13H2,1H3;1H2/b4-2-;. The molecule has 2 N–H and O–H groups in total. The molecule has 0 aromatic heterocycles. The van der Waals surface area contributed by atoms with Gasteiger partial charge in [0.1, 0.15) is 5.75 Å². The highest BCUT2D eigenvalue weighted by atomic mass is 35.5. The van der Waals surface area contributed by atoms with Gasteiger partial charge in [0.25, 0.3) is 0 Å². The van der Waals surface area contributed by atoms with Gasteiger partial charge in [-0.1, -0.05) is 35.9 Å². The Balaban J connectivity index is 0.00000363. The van der Waals surface area contributed by atoms with Crippen LogP contribution in [-0.2, 0) is 9.53 Å². The van der Waals surface area contributed by atoms with Gasteiger partial charge in [-0.2, -0.15) is 13.2 Å². The summed E-state index contributed by atoms with van der Waals surface area (Å²) in [6.45, 7) is -0.123. The number of ether oxygens (including phenoxy) is 2. The molecular formula is C22H21ClF3NO5. The van der Waals surface area contributed by atoms with Crippen LogP contribution in [0.3, 0.4) is 0 Å². The lowest BCUT2D eigenvalue weighted by Crippen LogP contribution is -2.43. The second kappa shape index (κ2) is 10.5. The largest absolute Gasteiger partial charge is 0.491 e. The molecule has 10 heteroatoms. The van der Waals surface area contributed by atoms with Crippen LogP contribution in [0.15, 0.2) is 48.5 Å². The number of benzene rings is 2. The molecule has 1 unspecified atom stereocenters. The van der Waals surface area contributed by atoms with E-state index in [9.17, 15) is 22.8 Å². The van der Waals surface area contributed by atoms with Crippen molar-refractivity contribution in [3.8, 4) is 5.75 Å². The molecule has 2 aromatic rings. The number of fused-ring (bicyclic) bond motifs is 1. The number of halogens is 4. The Morgan fingerprint density at radius 3 is 2.66 bits per heavy atom. The molecule has 1 heterocycles. The van der Waals surface area contributed by atoms with Gasteiger partial charge in [-0.05, 0) is 42.3 Å². The zero-order valence-corrected chi connectivity index (χ0v) is 17.7. The second-order valence-corrected chi connectivity index (χ2v) is 7.39. The van der Waals surface area contributed by atoms with Crippen molar-refractivity contribution >= 4 is 35.2 Å². The summed E-state index contributed by atoms with van der Waals surface area (Å²) in [4.78, 5) is 24.6. The first-order valence-electron chi connectivity index (χ1n) is 9.35. The van der Waals surface area contributed by atoms with Crippen molar-refractivity contribution in [2.24, 2.45) is 5.92 Å². The third kappa shape index (κ3) is 6.02. The third-order valence-electron chi connectivity index (χ3n) is 4.70. The van der Waals surface area contributed by atoms with Gasteiger partial charge in [0.2, 0.25) is 0 Å². The molecule has 0 spiro atoms. The summed E-state index contributed by atoms with van der Waals surface area (Å²) in [6, 6.07) is 11.0. The first-order chi connectivity index (χ1) is 14.7. The highest BCUT2D eigenvalue weighted by Crippen LogP contribution is 2.36. The first kappa shape index (κ1) is 25.2. The lowest BCUT2D eigenvalue weighted by atomic mass is 10.0. The van der Waals surface area contributed by atoms with Crippen molar-refractivity contribution in [2.75, 3.05) is 25.2 Å². The van der Waals surface area contributed by atoms with Gasteiger partial charge in [-0.25, -0.2) is 4.79 Å². The minimum atomic E-state index is -5.08. The van der Waals surface area contributed by atoms with Gasteiger partial charge in [0.05, 0.1) is 25.0 Å². The first-order valence-corrected chi connectivity index (χ1v) is 9.73. The Labute approximate surface area is 187 Å². The van der Waals surface area contributed by atoms with E-state index in [1.165, 1.54) is 18.2 Å². The van der Waals surface area contributed by atoms with Crippen LogP contribution in [0.2, 0.25) is 5.02 Å². The third-order valence-corrected chi connectivity index (χ3v) is 4.94. The number of methoxy groups -OCH3 is 1. The van der Waals surface area contributed by atoms with Gasteiger partial charge >= 0.3 is 18.1 Å². The number of nitrogens with zero attached hydrogens (tertiary/aromatic N) is 1. The molecule has 0 fully saturated rings. The molecule has 1 amide bonds. The van der Waals surface area contributed by atoms with Crippen molar-refractivity contribution in [1.82, 2.24) is 0 Å². The summed E-state index contributed by atoms with van der Waals surface area (Å²) in [5, 5.41) is 0.568. The molecule has 1 aliphatic heterocycles. The lowest BCUT2D eigenvalue weighted by Gasteiger charge is -2.25. The molecule has 0 aliphatic carbocycles. The van der Waals surface area contributed by atoms with Crippen molar-refractivity contribution in [2.45, 2.75) is 12.6 Å². The average molecular weight is 472 g/mol. The molecular weight excluding hydrogens is 451 g/mol. The molecule has 1 aliphatic rings. The van der Waals surface area contributed by atoms with E-state index < -0.39 is 24.0 Å². The van der Waals surface area contributed by atoms with Crippen LogP contribution in [0, 0.1) is 5.92 Å².